The second kappa shape index (κ2) is 6.63. The maximum Gasteiger partial charge on any atom is 0.252 e. The molecule has 0 fully saturated rings. The van der Waals surface area contributed by atoms with E-state index in [1.807, 2.05) is 0 Å². The lowest BCUT2D eigenvalue weighted by molar-refractivity contribution is -0.128. The van der Waals surface area contributed by atoms with Gasteiger partial charge in [0.15, 0.2) is 0 Å². The highest BCUT2D eigenvalue weighted by atomic mass is 35.5. The van der Waals surface area contributed by atoms with E-state index in [0.29, 0.717) is 5.69 Å². The van der Waals surface area contributed by atoms with E-state index in [1.165, 1.54) is 17.0 Å². The number of anilines is 1. The van der Waals surface area contributed by atoms with Gasteiger partial charge in [-0.2, -0.15) is 0 Å². The highest BCUT2D eigenvalue weighted by Gasteiger charge is 2.14. The Morgan fingerprint density at radius 1 is 1.32 bits per heavy atom. The Morgan fingerprint density at radius 3 is 2.53 bits per heavy atom. The third kappa shape index (κ3) is 4.29. The van der Waals surface area contributed by atoms with Crippen LogP contribution in [0.3, 0.4) is 0 Å². The Balaban J connectivity index is 2.67. The van der Waals surface area contributed by atoms with E-state index in [4.69, 9.17) is 28.9 Å². The fourth-order valence-electron chi connectivity index (χ4n) is 1.38. The van der Waals surface area contributed by atoms with Gasteiger partial charge in [-0.05, 0) is 12.1 Å². The zero-order chi connectivity index (χ0) is 14.6. The van der Waals surface area contributed by atoms with E-state index >= 15 is 0 Å². The maximum absolute atomic E-state index is 11.9. The number of halogens is 2. The molecule has 0 aliphatic heterocycles. The second-order valence-corrected chi connectivity index (χ2v) is 4.94. The third-order valence-corrected chi connectivity index (χ3v) is 3.22. The first kappa shape index (κ1) is 15.6. The second-order valence-electron chi connectivity index (χ2n) is 4.16. The molecule has 7 heteroatoms. The third-order valence-electron chi connectivity index (χ3n) is 2.42. The number of carbonyl (C=O) groups is 2. The first-order chi connectivity index (χ1) is 8.82. The van der Waals surface area contributed by atoms with Crippen molar-refractivity contribution in [2.45, 2.75) is 6.42 Å². The lowest BCUT2D eigenvalue weighted by Gasteiger charge is -2.11. The summed E-state index contributed by atoms with van der Waals surface area (Å²) in [5, 5.41) is 2.96. The Labute approximate surface area is 121 Å². The zero-order valence-corrected chi connectivity index (χ0v) is 12.2. The number of nitrogen functional groups attached to an aromatic ring is 1. The van der Waals surface area contributed by atoms with Gasteiger partial charge >= 0.3 is 0 Å². The summed E-state index contributed by atoms with van der Waals surface area (Å²) in [4.78, 5) is 24.7. The van der Waals surface area contributed by atoms with E-state index in [2.05, 4.69) is 5.32 Å². The summed E-state index contributed by atoms with van der Waals surface area (Å²) >= 11 is 11.8. The van der Waals surface area contributed by atoms with Crippen molar-refractivity contribution in [2.24, 2.45) is 0 Å². The van der Waals surface area contributed by atoms with E-state index < -0.39 is 5.91 Å². The van der Waals surface area contributed by atoms with Gasteiger partial charge in [-0.3, -0.25) is 9.59 Å². The fourth-order valence-corrected chi connectivity index (χ4v) is 1.80. The van der Waals surface area contributed by atoms with Gasteiger partial charge in [0.25, 0.3) is 5.91 Å². The first-order valence-electron chi connectivity index (χ1n) is 5.55. The SMILES string of the molecule is CN(C)C(=O)CCNC(=O)c1cc(N)cc(Cl)c1Cl. The summed E-state index contributed by atoms with van der Waals surface area (Å²) < 4.78 is 0. The number of rotatable bonds is 4. The maximum atomic E-state index is 11.9. The van der Waals surface area contributed by atoms with E-state index in [-0.39, 0.29) is 34.5 Å². The van der Waals surface area contributed by atoms with Crippen molar-refractivity contribution in [3.8, 4) is 0 Å². The van der Waals surface area contributed by atoms with Gasteiger partial charge in [0.1, 0.15) is 0 Å². The molecular weight excluding hydrogens is 289 g/mol. The molecule has 104 valence electrons. The number of carbonyl (C=O) groups excluding carboxylic acids is 2. The Hall–Kier alpha value is -1.46. The minimum Gasteiger partial charge on any atom is -0.399 e. The van der Waals surface area contributed by atoms with Crippen LogP contribution in [0, 0.1) is 0 Å². The molecule has 1 aromatic rings. The number of nitrogens with zero attached hydrogens (tertiary/aromatic N) is 1. The average Bonchev–Trinajstić information content (AvgIpc) is 2.33. The van der Waals surface area contributed by atoms with E-state index in [9.17, 15) is 9.59 Å². The smallest absolute Gasteiger partial charge is 0.252 e. The molecule has 0 radical (unpaired) electrons. The topological polar surface area (TPSA) is 75.4 Å². The summed E-state index contributed by atoms with van der Waals surface area (Å²) in [6.45, 7) is 0.221. The lowest BCUT2D eigenvalue weighted by atomic mass is 10.2. The number of hydrogen-bond donors (Lipinski definition) is 2. The highest BCUT2D eigenvalue weighted by molar-refractivity contribution is 6.44. The standard InChI is InChI=1S/C12H15Cl2N3O2/c1-17(2)10(18)3-4-16-12(19)8-5-7(15)6-9(13)11(8)14/h5-6H,3-4,15H2,1-2H3,(H,16,19). The van der Waals surface area contributed by atoms with Crippen molar-refractivity contribution < 1.29 is 9.59 Å². The van der Waals surface area contributed by atoms with Crippen molar-refractivity contribution >= 4 is 40.7 Å². The van der Waals surface area contributed by atoms with Crippen molar-refractivity contribution in [3.63, 3.8) is 0 Å². The minimum atomic E-state index is -0.411. The molecule has 0 aromatic heterocycles. The van der Waals surface area contributed by atoms with Crippen LogP contribution in [0.25, 0.3) is 0 Å². The Kier molecular flexibility index (Phi) is 5.44. The van der Waals surface area contributed by atoms with Crippen LogP contribution in [0.4, 0.5) is 5.69 Å². The van der Waals surface area contributed by atoms with Crippen LogP contribution in [0.2, 0.25) is 10.0 Å². The van der Waals surface area contributed by atoms with Crippen LogP contribution in [-0.4, -0.2) is 37.4 Å². The van der Waals surface area contributed by atoms with Gasteiger partial charge in [0.05, 0.1) is 15.6 Å². The summed E-state index contributed by atoms with van der Waals surface area (Å²) in [6, 6.07) is 2.91. The van der Waals surface area contributed by atoms with E-state index in [1.54, 1.807) is 14.1 Å². The molecule has 2 amide bonds. The molecule has 19 heavy (non-hydrogen) atoms. The number of hydrogen-bond acceptors (Lipinski definition) is 3. The average molecular weight is 304 g/mol. The van der Waals surface area contributed by atoms with Gasteiger partial charge < -0.3 is 16.0 Å². The lowest BCUT2D eigenvalue weighted by Crippen LogP contribution is -2.30. The summed E-state index contributed by atoms with van der Waals surface area (Å²) in [7, 11) is 3.30. The molecule has 1 rings (SSSR count). The van der Waals surface area contributed by atoms with Crippen LogP contribution in [-0.2, 0) is 4.79 Å². The predicted octanol–water partition coefficient (Wildman–Crippen LogP) is 1.78. The first-order valence-corrected chi connectivity index (χ1v) is 6.31. The molecule has 0 saturated heterocycles. The fraction of sp³-hybridized carbons (Fsp3) is 0.333. The van der Waals surface area contributed by atoms with Gasteiger partial charge in [-0.25, -0.2) is 0 Å². The van der Waals surface area contributed by atoms with Crippen LogP contribution in [0.5, 0.6) is 0 Å². The quantitative estimate of drug-likeness (QED) is 0.833. The Bertz CT molecular complexity index is 504. The van der Waals surface area contributed by atoms with E-state index in [0.717, 1.165) is 0 Å². The Morgan fingerprint density at radius 2 is 1.95 bits per heavy atom. The van der Waals surface area contributed by atoms with Crippen LogP contribution in [0.15, 0.2) is 12.1 Å². The number of benzene rings is 1. The molecule has 5 nitrogen and oxygen atoms in total. The normalized spacial score (nSPS) is 10.1. The molecule has 3 N–H and O–H groups in total. The molecule has 0 atom stereocenters. The number of nitrogens with one attached hydrogen (secondary N) is 1. The molecule has 0 saturated carbocycles. The molecule has 1 aromatic carbocycles. The highest BCUT2D eigenvalue weighted by Crippen LogP contribution is 2.28. The van der Waals surface area contributed by atoms with Crippen LogP contribution < -0.4 is 11.1 Å². The molecule has 0 aliphatic carbocycles. The minimum absolute atomic E-state index is 0.0722. The molecule has 0 unspecified atom stereocenters. The summed E-state index contributed by atoms with van der Waals surface area (Å²) in [5.74, 6) is -0.484. The number of nitrogens with two attached hydrogens (primary N) is 1. The number of amides is 2. The molecule has 0 aliphatic rings. The van der Waals surface area contributed by atoms with Crippen molar-refractivity contribution in [1.29, 1.82) is 0 Å². The predicted molar refractivity (Wildman–Crippen MR) is 76.5 cm³/mol. The van der Waals surface area contributed by atoms with Crippen molar-refractivity contribution in [1.82, 2.24) is 10.2 Å². The molecule has 0 heterocycles. The summed E-state index contributed by atoms with van der Waals surface area (Å²) in [6.07, 6.45) is 0.215. The summed E-state index contributed by atoms with van der Waals surface area (Å²) in [5.41, 5.74) is 6.15. The van der Waals surface area contributed by atoms with Gasteiger partial charge in [0.2, 0.25) is 5.91 Å². The zero-order valence-electron chi connectivity index (χ0n) is 10.7. The van der Waals surface area contributed by atoms with Crippen LogP contribution in [0.1, 0.15) is 16.8 Å². The van der Waals surface area contributed by atoms with Gasteiger partial charge in [-0.15, -0.1) is 0 Å². The molecule has 0 spiro atoms. The van der Waals surface area contributed by atoms with Gasteiger partial charge in [-0.1, -0.05) is 23.2 Å². The monoisotopic (exact) mass is 303 g/mol. The molecule has 0 bridgehead atoms. The van der Waals surface area contributed by atoms with Crippen molar-refractivity contribution in [2.75, 3.05) is 26.4 Å². The van der Waals surface area contributed by atoms with Gasteiger partial charge in [0, 0.05) is 32.7 Å². The van der Waals surface area contributed by atoms with Crippen LogP contribution >= 0.6 is 23.2 Å². The van der Waals surface area contributed by atoms with Crippen molar-refractivity contribution in [3.05, 3.63) is 27.7 Å². The largest absolute Gasteiger partial charge is 0.399 e. The molecular formula is C12H15Cl2N3O2.